The Bertz CT molecular complexity index is 716. The lowest BCUT2D eigenvalue weighted by Gasteiger charge is -2.23. The largest absolute Gasteiger partial charge is 0.481 e. The van der Waals surface area contributed by atoms with Crippen molar-refractivity contribution in [3.63, 3.8) is 0 Å². The van der Waals surface area contributed by atoms with E-state index in [4.69, 9.17) is 11.6 Å². The number of halogens is 1. The number of fused-ring (bicyclic) bond motifs is 2. The van der Waals surface area contributed by atoms with Gasteiger partial charge < -0.3 is 10.4 Å². The van der Waals surface area contributed by atoms with Gasteiger partial charge in [0.1, 0.15) is 0 Å². The van der Waals surface area contributed by atoms with E-state index in [9.17, 15) is 14.7 Å². The molecule has 2 aliphatic rings. The Hall–Kier alpha value is -2.07. The molecule has 2 N–H and O–H groups in total. The maximum atomic E-state index is 12.7. The van der Waals surface area contributed by atoms with Crippen molar-refractivity contribution in [2.75, 3.05) is 5.32 Å². The molecule has 120 valence electrons. The standard InChI is InChI=1S/C18H18ClNO3/c1-9(2)14-12-7-8-13(14)16(18(22)23)15(12)17(21)20-11-5-3-10(19)4-6-11/h3-8,12-13,15-16H,1-2H3,(H,20,21)(H,22,23)/t12-,13-,15+,16-/m1/s1. The summed E-state index contributed by atoms with van der Waals surface area (Å²) in [5, 5.41) is 13.0. The Labute approximate surface area is 139 Å². The predicted octanol–water partition coefficient (Wildman–Crippen LogP) is 3.75. The number of anilines is 1. The lowest BCUT2D eigenvalue weighted by molar-refractivity contribution is -0.146. The van der Waals surface area contributed by atoms with Gasteiger partial charge in [-0.15, -0.1) is 0 Å². The van der Waals surface area contributed by atoms with Gasteiger partial charge in [0.15, 0.2) is 0 Å². The molecule has 0 radical (unpaired) electrons. The average Bonchev–Trinajstić information content (AvgIpc) is 3.05. The number of carboxylic acids is 1. The summed E-state index contributed by atoms with van der Waals surface area (Å²) in [5.41, 5.74) is 2.79. The van der Waals surface area contributed by atoms with Crippen molar-refractivity contribution < 1.29 is 14.7 Å². The van der Waals surface area contributed by atoms with Gasteiger partial charge in [-0.05, 0) is 38.1 Å². The van der Waals surface area contributed by atoms with E-state index in [1.165, 1.54) is 0 Å². The fourth-order valence-corrected chi connectivity index (χ4v) is 3.93. The second kappa shape index (κ2) is 5.85. The number of aliphatic carboxylic acids is 1. The van der Waals surface area contributed by atoms with Gasteiger partial charge in [0.05, 0.1) is 11.8 Å². The van der Waals surface area contributed by atoms with Crippen LogP contribution in [0.3, 0.4) is 0 Å². The van der Waals surface area contributed by atoms with Crippen LogP contribution < -0.4 is 5.32 Å². The van der Waals surface area contributed by atoms with Crippen LogP contribution in [-0.2, 0) is 9.59 Å². The second-order valence-corrected chi connectivity index (χ2v) is 6.71. The molecule has 1 fully saturated rings. The first-order valence-corrected chi connectivity index (χ1v) is 7.92. The molecule has 1 amide bonds. The zero-order valence-electron chi connectivity index (χ0n) is 12.9. The maximum Gasteiger partial charge on any atom is 0.308 e. The Morgan fingerprint density at radius 3 is 2.13 bits per heavy atom. The Kier molecular flexibility index (Phi) is 4.02. The molecule has 2 bridgehead atoms. The molecule has 1 aromatic rings. The highest BCUT2D eigenvalue weighted by Gasteiger charge is 2.54. The summed E-state index contributed by atoms with van der Waals surface area (Å²) < 4.78 is 0. The van der Waals surface area contributed by atoms with Gasteiger partial charge in [-0.1, -0.05) is 34.9 Å². The number of carbonyl (C=O) groups excluding carboxylic acids is 1. The molecule has 1 saturated carbocycles. The first-order valence-electron chi connectivity index (χ1n) is 7.55. The fourth-order valence-electron chi connectivity index (χ4n) is 3.80. The third-order valence-electron chi connectivity index (χ3n) is 4.68. The van der Waals surface area contributed by atoms with E-state index in [1.807, 2.05) is 26.0 Å². The summed E-state index contributed by atoms with van der Waals surface area (Å²) >= 11 is 5.84. The highest BCUT2D eigenvalue weighted by Crippen LogP contribution is 2.53. The predicted molar refractivity (Wildman–Crippen MR) is 89.2 cm³/mol. The number of rotatable bonds is 3. The third kappa shape index (κ3) is 2.68. The lowest BCUT2D eigenvalue weighted by atomic mass is 9.82. The van der Waals surface area contributed by atoms with Crippen molar-refractivity contribution in [2.24, 2.45) is 23.7 Å². The van der Waals surface area contributed by atoms with Crippen LogP contribution in [0.1, 0.15) is 13.8 Å². The summed E-state index contributed by atoms with van der Waals surface area (Å²) in [6.45, 7) is 3.95. The molecule has 23 heavy (non-hydrogen) atoms. The van der Waals surface area contributed by atoms with Crippen molar-refractivity contribution in [1.29, 1.82) is 0 Å². The molecule has 3 rings (SSSR count). The molecular formula is C18H18ClNO3. The molecule has 0 unspecified atom stereocenters. The van der Waals surface area contributed by atoms with Crippen LogP contribution in [0.2, 0.25) is 5.02 Å². The Balaban J connectivity index is 1.89. The van der Waals surface area contributed by atoms with Crippen molar-refractivity contribution in [3.8, 4) is 0 Å². The number of carbonyl (C=O) groups is 2. The Morgan fingerprint density at radius 1 is 1.04 bits per heavy atom. The van der Waals surface area contributed by atoms with E-state index in [0.29, 0.717) is 10.7 Å². The number of hydrogen-bond acceptors (Lipinski definition) is 2. The van der Waals surface area contributed by atoms with Gasteiger partial charge in [-0.3, -0.25) is 9.59 Å². The number of allylic oxidation sites excluding steroid dienone is 4. The van der Waals surface area contributed by atoms with Gasteiger partial charge in [-0.2, -0.15) is 0 Å². The monoisotopic (exact) mass is 331 g/mol. The molecule has 0 aliphatic heterocycles. The maximum absolute atomic E-state index is 12.7. The van der Waals surface area contributed by atoms with Crippen molar-refractivity contribution in [2.45, 2.75) is 13.8 Å². The van der Waals surface area contributed by atoms with Crippen LogP contribution in [-0.4, -0.2) is 17.0 Å². The minimum absolute atomic E-state index is 0.126. The number of hydrogen-bond donors (Lipinski definition) is 2. The van der Waals surface area contributed by atoms with Crippen LogP contribution in [0.15, 0.2) is 47.6 Å². The van der Waals surface area contributed by atoms with E-state index < -0.39 is 17.8 Å². The molecule has 0 heterocycles. The molecule has 5 heteroatoms. The molecule has 4 nitrogen and oxygen atoms in total. The molecule has 0 spiro atoms. The van der Waals surface area contributed by atoms with Gasteiger partial charge in [0.25, 0.3) is 0 Å². The van der Waals surface area contributed by atoms with Gasteiger partial charge in [-0.25, -0.2) is 0 Å². The quantitative estimate of drug-likeness (QED) is 0.829. The van der Waals surface area contributed by atoms with E-state index in [-0.39, 0.29) is 17.7 Å². The summed E-state index contributed by atoms with van der Waals surface area (Å²) in [6, 6.07) is 6.80. The van der Waals surface area contributed by atoms with Crippen LogP contribution in [0.4, 0.5) is 5.69 Å². The van der Waals surface area contributed by atoms with Crippen LogP contribution in [0.5, 0.6) is 0 Å². The minimum atomic E-state index is -0.920. The number of carboxylic acid groups (broad SMARTS) is 1. The Morgan fingerprint density at radius 2 is 1.61 bits per heavy atom. The van der Waals surface area contributed by atoms with Crippen LogP contribution >= 0.6 is 11.6 Å². The SMILES string of the molecule is CC(C)=C1[C@H]2C=C[C@H]1[C@@H](C(=O)O)[C@H]2C(=O)Nc1ccc(Cl)cc1. The van der Waals surface area contributed by atoms with Crippen LogP contribution in [0, 0.1) is 23.7 Å². The fraction of sp³-hybridized carbons (Fsp3) is 0.333. The average molecular weight is 332 g/mol. The normalized spacial score (nSPS) is 28.0. The number of benzene rings is 1. The van der Waals surface area contributed by atoms with Crippen LogP contribution in [0.25, 0.3) is 0 Å². The summed E-state index contributed by atoms with van der Waals surface area (Å²) in [5.74, 6) is -2.76. The topological polar surface area (TPSA) is 66.4 Å². The van der Waals surface area contributed by atoms with E-state index in [1.54, 1.807) is 24.3 Å². The zero-order chi connectivity index (χ0) is 16.7. The number of amides is 1. The van der Waals surface area contributed by atoms with Gasteiger partial charge >= 0.3 is 5.97 Å². The molecule has 0 saturated heterocycles. The second-order valence-electron chi connectivity index (χ2n) is 6.28. The summed E-state index contributed by atoms with van der Waals surface area (Å²) in [7, 11) is 0. The highest BCUT2D eigenvalue weighted by molar-refractivity contribution is 6.30. The first-order chi connectivity index (χ1) is 10.9. The first kappa shape index (κ1) is 15.8. The van der Waals surface area contributed by atoms with Crippen molar-refractivity contribution in [3.05, 3.63) is 52.6 Å². The third-order valence-corrected chi connectivity index (χ3v) is 4.93. The van der Waals surface area contributed by atoms with Gasteiger partial charge in [0.2, 0.25) is 5.91 Å². The van der Waals surface area contributed by atoms with E-state index >= 15 is 0 Å². The zero-order valence-corrected chi connectivity index (χ0v) is 13.7. The van der Waals surface area contributed by atoms with Crippen molar-refractivity contribution in [1.82, 2.24) is 0 Å². The van der Waals surface area contributed by atoms with E-state index in [0.717, 1.165) is 11.1 Å². The minimum Gasteiger partial charge on any atom is -0.481 e. The molecule has 2 aliphatic carbocycles. The lowest BCUT2D eigenvalue weighted by Crippen LogP contribution is -2.36. The molecule has 4 atom stereocenters. The number of nitrogens with one attached hydrogen (secondary N) is 1. The van der Waals surface area contributed by atoms with Crippen molar-refractivity contribution >= 4 is 29.2 Å². The smallest absolute Gasteiger partial charge is 0.308 e. The molecule has 0 aromatic heterocycles. The molecular weight excluding hydrogens is 314 g/mol. The van der Waals surface area contributed by atoms with E-state index in [2.05, 4.69) is 5.32 Å². The van der Waals surface area contributed by atoms with Gasteiger partial charge in [0, 0.05) is 22.5 Å². The highest BCUT2D eigenvalue weighted by atomic mass is 35.5. The molecule has 1 aromatic carbocycles. The summed E-state index contributed by atoms with van der Waals surface area (Å²) in [4.78, 5) is 24.4. The summed E-state index contributed by atoms with van der Waals surface area (Å²) in [6.07, 6.45) is 3.90.